The Kier molecular flexibility index (Phi) is 7.09. The summed E-state index contributed by atoms with van der Waals surface area (Å²) in [5.41, 5.74) is 0.156. The second-order valence-corrected chi connectivity index (χ2v) is 8.66. The lowest BCUT2D eigenvalue weighted by Gasteiger charge is -2.32. The number of piperidine rings is 1. The molecule has 3 atom stereocenters. The van der Waals surface area contributed by atoms with Crippen LogP contribution in [0.2, 0.25) is 0 Å². The first-order chi connectivity index (χ1) is 17.1. The number of carbonyl (C=O) groups is 3. The van der Waals surface area contributed by atoms with Crippen molar-refractivity contribution in [3.05, 3.63) is 59.7 Å². The molecule has 4 rings (SSSR count). The highest BCUT2D eigenvalue weighted by atomic mass is 19.4. The molecule has 0 spiro atoms. The van der Waals surface area contributed by atoms with Crippen LogP contribution in [0.1, 0.15) is 35.7 Å². The number of esters is 1. The standard InChI is InChI=1S/C25H26F3N3O5/c1-3-36-22(32)15-5-4-6-19(13-15)31(24(34)35-2)21-16-7-12-20(21)30(14-16)23(33)29-18-10-8-17(9-11-18)25(26,27)28/h4-6,8-11,13,16,20-21H,3,7,12,14H2,1-2H3,(H,29,33). The van der Waals surface area contributed by atoms with Crippen LogP contribution >= 0.6 is 0 Å². The van der Waals surface area contributed by atoms with E-state index in [1.54, 1.807) is 36.1 Å². The van der Waals surface area contributed by atoms with Gasteiger partial charge in [-0.1, -0.05) is 6.07 Å². The maximum Gasteiger partial charge on any atom is 0.416 e. The number of alkyl halides is 3. The summed E-state index contributed by atoms with van der Waals surface area (Å²) < 4.78 is 48.6. The van der Waals surface area contributed by atoms with E-state index in [0.717, 1.165) is 18.6 Å². The monoisotopic (exact) mass is 505 g/mol. The van der Waals surface area contributed by atoms with Crippen molar-refractivity contribution in [3.8, 4) is 0 Å². The third-order valence-corrected chi connectivity index (χ3v) is 6.57. The van der Waals surface area contributed by atoms with Crippen LogP contribution < -0.4 is 10.2 Å². The molecular weight excluding hydrogens is 479 g/mol. The molecule has 3 amide bonds. The number of likely N-dealkylation sites (tertiary alicyclic amines) is 1. The Balaban J connectivity index is 1.55. The third-order valence-electron chi connectivity index (χ3n) is 6.57. The van der Waals surface area contributed by atoms with Crippen molar-refractivity contribution in [2.75, 3.05) is 30.5 Å². The van der Waals surface area contributed by atoms with Crippen molar-refractivity contribution in [1.29, 1.82) is 0 Å². The number of fused-ring (bicyclic) bond motifs is 2. The van der Waals surface area contributed by atoms with Gasteiger partial charge in [0.2, 0.25) is 0 Å². The van der Waals surface area contributed by atoms with Gasteiger partial charge in [-0.2, -0.15) is 13.2 Å². The number of anilines is 2. The van der Waals surface area contributed by atoms with Crippen LogP contribution in [-0.4, -0.2) is 55.3 Å². The van der Waals surface area contributed by atoms with Gasteiger partial charge in [-0.25, -0.2) is 14.4 Å². The molecule has 2 bridgehead atoms. The average molecular weight is 505 g/mol. The van der Waals surface area contributed by atoms with E-state index in [9.17, 15) is 27.6 Å². The van der Waals surface area contributed by atoms with Gasteiger partial charge in [0.05, 0.1) is 36.9 Å². The number of rotatable bonds is 5. The molecule has 1 heterocycles. The minimum atomic E-state index is -4.47. The molecule has 1 N–H and O–H groups in total. The van der Waals surface area contributed by atoms with Gasteiger partial charge in [-0.3, -0.25) is 4.90 Å². The van der Waals surface area contributed by atoms with Crippen molar-refractivity contribution < 1.29 is 37.0 Å². The van der Waals surface area contributed by atoms with Gasteiger partial charge in [0.25, 0.3) is 0 Å². The van der Waals surface area contributed by atoms with E-state index in [0.29, 0.717) is 18.7 Å². The van der Waals surface area contributed by atoms with Gasteiger partial charge < -0.3 is 19.7 Å². The fraction of sp³-hybridized carbons (Fsp3) is 0.400. The van der Waals surface area contributed by atoms with E-state index in [2.05, 4.69) is 5.32 Å². The van der Waals surface area contributed by atoms with Crippen LogP contribution in [0.5, 0.6) is 0 Å². The second-order valence-electron chi connectivity index (χ2n) is 8.66. The van der Waals surface area contributed by atoms with Crippen LogP contribution in [0.25, 0.3) is 0 Å². The van der Waals surface area contributed by atoms with Crippen molar-refractivity contribution >= 4 is 29.5 Å². The lowest BCUT2D eigenvalue weighted by molar-refractivity contribution is -0.137. The summed E-state index contributed by atoms with van der Waals surface area (Å²) in [5, 5.41) is 2.65. The molecule has 8 nitrogen and oxygen atoms in total. The molecule has 3 unspecified atom stereocenters. The van der Waals surface area contributed by atoms with Gasteiger partial charge >= 0.3 is 24.3 Å². The molecule has 2 aromatic carbocycles. The number of methoxy groups -OCH3 is 1. The quantitative estimate of drug-likeness (QED) is 0.568. The van der Waals surface area contributed by atoms with Crippen molar-refractivity contribution in [2.45, 2.75) is 38.0 Å². The summed E-state index contributed by atoms with van der Waals surface area (Å²) in [5.74, 6) is -0.560. The third kappa shape index (κ3) is 4.95. The average Bonchev–Trinajstić information content (AvgIpc) is 3.42. The molecule has 11 heteroatoms. The number of amides is 3. The SMILES string of the molecule is CCOC(=O)c1cccc(N(C(=O)OC)C2C3CCC2N(C(=O)Nc2ccc(C(F)(F)F)cc2)C3)c1. The van der Waals surface area contributed by atoms with Gasteiger partial charge in [-0.15, -0.1) is 0 Å². The number of nitrogens with zero attached hydrogens (tertiary/aromatic N) is 2. The molecule has 1 aliphatic carbocycles. The Bertz CT molecular complexity index is 1140. The smallest absolute Gasteiger partial charge is 0.416 e. The highest BCUT2D eigenvalue weighted by Crippen LogP contribution is 2.43. The first kappa shape index (κ1) is 25.3. The summed E-state index contributed by atoms with van der Waals surface area (Å²) in [7, 11) is 1.26. The predicted octanol–water partition coefficient (Wildman–Crippen LogP) is 5.15. The summed E-state index contributed by atoms with van der Waals surface area (Å²) in [6.45, 7) is 2.27. The second kappa shape index (κ2) is 10.1. The Morgan fingerprint density at radius 2 is 1.83 bits per heavy atom. The zero-order valence-corrected chi connectivity index (χ0v) is 19.7. The van der Waals surface area contributed by atoms with Gasteiger partial charge in [0.1, 0.15) is 0 Å². The maximum atomic E-state index is 13.0. The minimum absolute atomic E-state index is 0.0429. The Labute approximate surface area is 205 Å². The molecule has 36 heavy (non-hydrogen) atoms. The van der Waals surface area contributed by atoms with Crippen LogP contribution in [0.15, 0.2) is 48.5 Å². The van der Waals surface area contributed by atoms with E-state index in [4.69, 9.17) is 9.47 Å². The Hall–Kier alpha value is -3.76. The molecule has 1 saturated carbocycles. The number of halogens is 3. The number of hydrogen-bond acceptors (Lipinski definition) is 5. The zero-order valence-electron chi connectivity index (χ0n) is 19.7. The van der Waals surface area contributed by atoms with Gasteiger partial charge in [-0.05, 0) is 68.1 Å². The lowest BCUT2D eigenvalue weighted by Crippen LogP contribution is -2.49. The van der Waals surface area contributed by atoms with Crippen LogP contribution in [-0.2, 0) is 15.7 Å². The van der Waals surface area contributed by atoms with Crippen molar-refractivity contribution in [2.24, 2.45) is 5.92 Å². The van der Waals surface area contributed by atoms with E-state index in [1.165, 1.54) is 24.1 Å². The van der Waals surface area contributed by atoms with Crippen LogP contribution in [0.4, 0.5) is 34.1 Å². The molecule has 192 valence electrons. The van der Waals surface area contributed by atoms with E-state index < -0.39 is 35.9 Å². The Morgan fingerprint density at radius 3 is 2.47 bits per heavy atom. The van der Waals surface area contributed by atoms with Crippen molar-refractivity contribution in [3.63, 3.8) is 0 Å². The number of hydrogen-bond donors (Lipinski definition) is 1. The molecule has 0 radical (unpaired) electrons. The van der Waals surface area contributed by atoms with E-state index in [1.807, 2.05) is 0 Å². The first-order valence-corrected chi connectivity index (χ1v) is 11.5. The van der Waals surface area contributed by atoms with Crippen molar-refractivity contribution in [1.82, 2.24) is 4.90 Å². The van der Waals surface area contributed by atoms with Crippen LogP contribution in [0.3, 0.4) is 0 Å². The zero-order chi connectivity index (χ0) is 26.0. The highest BCUT2D eigenvalue weighted by Gasteiger charge is 2.53. The number of carbonyl (C=O) groups excluding carboxylic acids is 3. The van der Waals surface area contributed by atoms with Gasteiger partial charge in [0, 0.05) is 17.9 Å². The summed E-state index contributed by atoms with van der Waals surface area (Å²) in [4.78, 5) is 41.2. The molecule has 2 aromatic rings. The highest BCUT2D eigenvalue weighted by molar-refractivity contribution is 5.95. The van der Waals surface area contributed by atoms with E-state index in [-0.39, 0.29) is 29.8 Å². The minimum Gasteiger partial charge on any atom is -0.462 e. The predicted molar refractivity (Wildman–Crippen MR) is 125 cm³/mol. The Morgan fingerprint density at radius 1 is 1.11 bits per heavy atom. The van der Waals surface area contributed by atoms with Gasteiger partial charge in [0.15, 0.2) is 0 Å². The topological polar surface area (TPSA) is 88.2 Å². The number of ether oxygens (including phenoxy) is 2. The molecular formula is C25H26F3N3O5. The summed E-state index contributed by atoms with van der Waals surface area (Å²) >= 11 is 0. The fourth-order valence-corrected chi connectivity index (χ4v) is 5.02. The van der Waals surface area contributed by atoms with E-state index >= 15 is 0 Å². The fourth-order valence-electron chi connectivity index (χ4n) is 5.02. The number of urea groups is 1. The molecule has 1 saturated heterocycles. The summed E-state index contributed by atoms with van der Waals surface area (Å²) in [6.07, 6.45) is -3.67. The normalized spacial score (nSPS) is 20.7. The largest absolute Gasteiger partial charge is 0.462 e. The molecule has 2 fully saturated rings. The first-order valence-electron chi connectivity index (χ1n) is 11.5. The lowest BCUT2D eigenvalue weighted by atomic mass is 10.0. The molecule has 2 aliphatic rings. The molecule has 1 aliphatic heterocycles. The van der Waals surface area contributed by atoms with Crippen LogP contribution in [0, 0.1) is 5.92 Å². The number of nitrogens with one attached hydrogen (secondary N) is 1. The molecule has 0 aromatic heterocycles. The maximum absolute atomic E-state index is 13.0. The number of benzene rings is 2. The summed E-state index contributed by atoms with van der Waals surface area (Å²) in [6, 6.07) is 9.49.